The third kappa shape index (κ3) is 6.51. The van der Waals surface area contributed by atoms with Crippen molar-refractivity contribution in [1.82, 2.24) is 4.57 Å². The van der Waals surface area contributed by atoms with Crippen molar-refractivity contribution in [3.8, 4) is 50.2 Å². The zero-order valence-electron chi connectivity index (χ0n) is 35.4. The minimum atomic E-state index is 0.895. The van der Waals surface area contributed by atoms with Gasteiger partial charge >= 0.3 is 0 Å². The smallest absolute Gasteiger partial charge is 0.0537 e. The Kier molecular flexibility index (Phi) is 9.34. The van der Waals surface area contributed by atoms with Gasteiger partial charge in [-0.1, -0.05) is 200 Å². The van der Waals surface area contributed by atoms with Gasteiger partial charge in [0.25, 0.3) is 0 Å². The van der Waals surface area contributed by atoms with Gasteiger partial charge in [-0.2, -0.15) is 0 Å². The zero-order chi connectivity index (χ0) is 42.4. The number of hydrogen-bond acceptors (Lipinski definition) is 1. The van der Waals surface area contributed by atoms with Crippen LogP contribution in [0, 0.1) is 0 Å². The van der Waals surface area contributed by atoms with Crippen LogP contribution in [0.5, 0.6) is 0 Å². The number of aromatic nitrogens is 1. The lowest BCUT2D eigenvalue weighted by Gasteiger charge is -2.32. The molecule has 1 heterocycles. The molecule has 0 atom stereocenters. The molecular formula is C62H44N2. The first-order valence-corrected chi connectivity index (χ1v) is 22.3. The fraction of sp³-hybridized carbons (Fsp3) is 0.0323. The van der Waals surface area contributed by atoms with Crippen LogP contribution in [-0.4, -0.2) is 4.57 Å². The van der Waals surface area contributed by atoms with E-state index in [0.717, 1.165) is 24.2 Å². The van der Waals surface area contributed by atoms with Crippen molar-refractivity contribution in [3.63, 3.8) is 0 Å². The first-order valence-electron chi connectivity index (χ1n) is 22.3. The van der Waals surface area contributed by atoms with Crippen LogP contribution in [0.2, 0.25) is 0 Å². The van der Waals surface area contributed by atoms with Crippen molar-refractivity contribution in [2.75, 3.05) is 4.90 Å². The summed E-state index contributed by atoms with van der Waals surface area (Å²) in [4.78, 5) is 2.53. The largest absolute Gasteiger partial charge is 0.314 e. The molecule has 0 spiro atoms. The quantitative estimate of drug-likeness (QED) is 0.148. The molecule has 10 aromatic carbocycles. The molecule has 11 aromatic rings. The number of rotatable bonds is 8. The fourth-order valence-corrected chi connectivity index (χ4v) is 10.2. The maximum absolute atomic E-state index is 2.53. The average molecular weight is 817 g/mol. The van der Waals surface area contributed by atoms with Crippen molar-refractivity contribution in [2.24, 2.45) is 0 Å². The van der Waals surface area contributed by atoms with Crippen LogP contribution in [0.25, 0.3) is 88.7 Å². The van der Waals surface area contributed by atoms with Gasteiger partial charge in [-0.3, -0.25) is 0 Å². The van der Waals surface area contributed by atoms with Gasteiger partial charge in [0.15, 0.2) is 0 Å². The van der Waals surface area contributed by atoms with Crippen LogP contribution >= 0.6 is 0 Å². The zero-order valence-corrected chi connectivity index (χ0v) is 35.4. The fourth-order valence-electron chi connectivity index (χ4n) is 10.2. The van der Waals surface area contributed by atoms with Gasteiger partial charge in [0.2, 0.25) is 0 Å². The van der Waals surface area contributed by atoms with Gasteiger partial charge in [0.05, 0.1) is 16.9 Å². The number of para-hydroxylation sites is 3. The van der Waals surface area contributed by atoms with E-state index in [2.05, 4.69) is 252 Å². The Bertz CT molecular complexity index is 3510. The van der Waals surface area contributed by atoms with Crippen molar-refractivity contribution in [3.05, 3.63) is 254 Å². The van der Waals surface area contributed by atoms with E-state index < -0.39 is 0 Å². The average Bonchev–Trinajstić information content (AvgIpc) is 3.70. The summed E-state index contributed by atoms with van der Waals surface area (Å²) in [6, 6.07) is 86.4. The van der Waals surface area contributed by atoms with E-state index in [1.54, 1.807) is 0 Å². The van der Waals surface area contributed by atoms with Gasteiger partial charge < -0.3 is 9.47 Å². The molecule has 0 saturated carbocycles. The molecule has 2 nitrogen and oxygen atoms in total. The summed E-state index contributed by atoms with van der Waals surface area (Å²) in [5, 5.41) is 6.34. The molecule has 2 heteroatoms. The molecule has 0 fully saturated rings. The number of fused-ring (bicyclic) bond motifs is 5. The highest BCUT2D eigenvalue weighted by Crippen LogP contribution is 2.46. The van der Waals surface area contributed by atoms with E-state index in [-0.39, 0.29) is 0 Å². The lowest BCUT2D eigenvalue weighted by molar-refractivity contribution is 0.887. The number of anilines is 2. The maximum Gasteiger partial charge on any atom is 0.0537 e. The minimum Gasteiger partial charge on any atom is -0.314 e. The van der Waals surface area contributed by atoms with E-state index in [0.29, 0.717) is 0 Å². The molecule has 1 aromatic heterocycles. The predicted octanol–water partition coefficient (Wildman–Crippen LogP) is 16.7. The molecule has 1 aliphatic carbocycles. The Morgan fingerprint density at radius 2 is 0.906 bits per heavy atom. The van der Waals surface area contributed by atoms with E-state index in [1.165, 1.54) is 99.6 Å². The maximum atomic E-state index is 2.53. The van der Waals surface area contributed by atoms with Gasteiger partial charge in [-0.25, -0.2) is 0 Å². The molecule has 0 aliphatic heterocycles. The van der Waals surface area contributed by atoms with Gasteiger partial charge in [-0.05, 0) is 121 Å². The van der Waals surface area contributed by atoms with E-state index >= 15 is 0 Å². The molecular weight excluding hydrogens is 773 g/mol. The van der Waals surface area contributed by atoms with E-state index in [9.17, 15) is 0 Å². The molecule has 64 heavy (non-hydrogen) atoms. The van der Waals surface area contributed by atoms with Crippen LogP contribution in [-0.2, 0) is 6.42 Å². The molecule has 0 radical (unpaired) electrons. The second-order valence-electron chi connectivity index (χ2n) is 16.8. The topological polar surface area (TPSA) is 8.17 Å². The molecule has 1 aliphatic rings. The number of nitrogens with zero attached hydrogens (tertiary/aromatic N) is 2. The molecule has 0 unspecified atom stereocenters. The standard InChI is InChI=1S/C62H44N2/c1-3-16-46(17-4-1)54-28-14-20-48-21-15-29-58(62(48)54)56-26-10-11-30-59(56)63(51-40-41-57-55-25-9-12-31-60(55)64(61(57)42-51)49-22-5-2-6-23-49)50-38-36-44(37-39-50)43-32-34-47(35-33-43)53-27-13-19-45-18-7-8-24-52(45)53/h1-39,42H,40-41H2. The highest BCUT2D eigenvalue weighted by Gasteiger charge is 2.27. The number of aryl methyl sites for hydroxylation is 1. The van der Waals surface area contributed by atoms with Crippen molar-refractivity contribution in [1.29, 1.82) is 0 Å². The normalized spacial score (nSPS) is 12.3. The van der Waals surface area contributed by atoms with Crippen molar-refractivity contribution in [2.45, 2.75) is 12.8 Å². The summed E-state index contributed by atoms with van der Waals surface area (Å²) in [5.74, 6) is 0. The third-order valence-corrected chi connectivity index (χ3v) is 13.1. The van der Waals surface area contributed by atoms with Crippen LogP contribution < -0.4 is 4.90 Å². The first kappa shape index (κ1) is 37.6. The molecule has 0 bridgehead atoms. The summed E-state index contributed by atoms with van der Waals surface area (Å²) in [5.41, 5.74) is 18.3. The Balaban J connectivity index is 1.02. The minimum absolute atomic E-state index is 0.895. The van der Waals surface area contributed by atoms with Gasteiger partial charge in [0.1, 0.15) is 0 Å². The van der Waals surface area contributed by atoms with E-state index in [1.807, 2.05) is 0 Å². The van der Waals surface area contributed by atoms with Crippen LogP contribution in [0.1, 0.15) is 17.7 Å². The summed E-state index contributed by atoms with van der Waals surface area (Å²) >= 11 is 0. The third-order valence-electron chi connectivity index (χ3n) is 13.1. The number of benzene rings is 10. The Labute approximate surface area is 374 Å². The summed E-state index contributed by atoms with van der Waals surface area (Å²) in [7, 11) is 0. The van der Waals surface area contributed by atoms with Crippen molar-refractivity contribution < 1.29 is 0 Å². The van der Waals surface area contributed by atoms with Gasteiger partial charge in [0, 0.05) is 28.0 Å². The number of allylic oxidation sites excluding steroid dienone is 1. The Morgan fingerprint density at radius 3 is 1.69 bits per heavy atom. The monoisotopic (exact) mass is 816 g/mol. The lowest BCUT2D eigenvalue weighted by atomic mass is 9.90. The molecule has 0 N–H and O–H groups in total. The van der Waals surface area contributed by atoms with E-state index in [4.69, 9.17) is 0 Å². The lowest BCUT2D eigenvalue weighted by Crippen LogP contribution is -2.20. The van der Waals surface area contributed by atoms with Crippen LogP contribution in [0.3, 0.4) is 0 Å². The summed E-state index contributed by atoms with van der Waals surface area (Å²) in [6.07, 6.45) is 4.29. The number of hydrogen-bond donors (Lipinski definition) is 0. The molecule has 0 amide bonds. The Morgan fingerprint density at radius 1 is 0.359 bits per heavy atom. The highest BCUT2D eigenvalue weighted by molar-refractivity contribution is 6.09. The summed E-state index contributed by atoms with van der Waals surface area (Å²) < 4.78 is 2.45. The molecule has 302 valence electrons. The Hall–Kier alpha value is -8.20. The highest BCUT2D eigenvalue weighted by atomic mass is 15.2. The molecule has 0 saturated heterocycles. The second kappa shape index (κ2) is 15.9. The first-order chi connectivity index (χ1) is 31.8. The SMILES string of the molecule is C1=C(N(c2ccc(-c3ccc(-c4cccc5ccccc45)cc3)cc2)c2ccccc2-c2cccc3cccc(-c4ccccc4)c23)CCc2c1n(-c1ccccc1)c1ccccc21. The second-order valence-corrected chi connectivity index (χ2v) is 16.8. The predicted molar refractivity (Wildman–Crippen MR) is 271 cm³/mol. The van der Waals surface area contributed by atoms with Crippen molar-refractivity contribution >= 4 is 49.9 Å². The van der Waals surface area contributed by atoms with Crippen LogP contribution in [0.4, 0.5) is 11.4 Å². The van der Waals surface area contributed by atoms with Gasteiger partial charge in [-0.15, -0.1) is 0 Å². The summed E-state index contributed by atoms with van der Waals surface area (Å²) in [6.45, 7) is 0. The van der Waals surface area contributed by atoms with Crippen LogP contribution in [0.15, 0.2) is 242 Å². The molecule has 12 rings (SSSR count).